The first kappa shape index (κ1) is 19.4. The molecular formula is C18H28ClN3OS. The number of guanidine groups is 1. The second kappa shape index (κ2) is 9.54. The maximum atomic E-state index is 10.7. The fourth-order valence-corrected chi connectivity index (χ4v) is 4.19. The predicted octanol–water partition coefficient (Wildman–Crippen LogP) is 3.08. The van der Waals surface area contributed by atoms with Gasteiger partial charge in [0.1, 0.15) is 0 Å². The predicted molar refractivity (Wildman–Crippen MR) is 105 cm³/mol. The molecule has 2 rings (SSSR count). The van der Waals surface area contributed by atoms with Crippen molar-refractivity contribution in [1.29, 1.82) is 0 Å². The summed E-state index contributed by atoms with van der Waals surface area (Å²) in [6, 6.07) is 7.90. The fraction of sp³-hybridized carbons (Fsp3) is 0.611. The Morgan fingerprint density at radius 3 is 2.88 bits per heavy atom. The molecule has 3 N–H and O–H groups in total. The van der Waals surface area contributed by atoms with Gasteiger partial charge in [-0.05, 0) is 49.6 Å². The number of benzene rings is 1. The summed E-state index contributed by atoms with van der Waals surface area (Å²) in [5.41, 5.74) is 0.554. The molecule has 6 heteroatoms. The lowest BCUT2D eigenvalue weighted by Crippen LogP contribution is -2.53. The number of aliphatic hydroxyl groups is 1. The van der Waals surface area contributed by atoms with Gasteiger partial charge in [0.05, 0.1) is 12.1 Å². The third kappa shape index (κ3) is 5.57. The van der Waals surface area contributed by atoms with Crippen LogP contribution in [-0.2, 0) is 6.42 Å². The Labute approximate surface area is 154 Å². The van der Waals surface area contributed by atoms with E-state index in [1.807, 2.05) is 36.9 Å². The molecule has 0 spiro atoms. The Kier molecular flexibility index (Phi) is 7.72. The molecule has 1 saturated carbocycles. The summed E-state index contributed by atoms with van der Waals surface area (Å²) in [4.78, 5) is 4.59. The second-order valence-corrected chi connectivity index (χ2v) is 8.00. The van der Waals surface area contributed by atoms with Gasteiger partial charge in [-0.3, -0.25) is 4.99 Å². The van der Waals surface area contributed by atoms with E-state index in [1.54, 1.807) is 0 Å². The number of aliphatic imine (C=N–C) groups is 1. The maximum absolute atomic E-state index is 10.7. The van der Waals surface area contributed by atoms with E-state index in [2.05, 4.69) is 28.6 Å². The van der Waals surface area contributed by atoms with Crippen molar-refractivity contribution in [3.63, 3.8) is 0 Å². The third-order valence-electron chi connectivity index (χ3n) is 4.26. The van der Waals surface area contributed by atoms with Crippen molar-refractivity contribution >= 4 is 29.3 Å². The molecule has 4 nitrogen and oxygen atoms in total. The maximum Gasteiger partial charge on any atom is 0.191 e. The Morgan fingerprint density at radius 1 is 1.42 bits per heavy atom. The van der Waals surface area contributed by atoms with Gasteiger partial charge in [-0.25, -0.2) is 0 Å². The fourth-order valence-electron chi connectivity index (χ4n) is 2.79. The Morgan fingerprint density at radius 2 is 2.25 bits per heavy atom. The molecule has 1 aromatic carbocycles. The van der Waals surface area contributed by atoms with Crippen LogP contribution in [0, 0.1) is 0 Å². The summed E-state index contributed by atoms with van der Waals surface area (Å²) in [5.74, 6) is 1.80. The average Bonchev–Trinajstić information content (AvgIpc) is 2.56. The van der Waals surface area contributed by atoms with Crippen molar-refractivity contribution in [2.24, 2.45) is 4.99 Å². The standard InChI is InChI=1S/C18H28ClN3OS/c1-3-20-17(21-11-9-14-6-5-7-15(19)12-14)22-13-18(23)10-8-16(18)24-4-2/h5-7,12,16,23H,3-4,8-11,13H2,1-2H3,(H2,20,21,22). The van der Waals surface area contributed by atoms with Gasteiger partial charge < -0.3 is 15.7 Å². The van der Waals surface area contributed by atoms with Gasteiger partial charge >= 0.3 is 0 Å². The summed E-state index contributed by atoms with van der Waals surface area (Å²) in [7, 11) is 0. The quantitative estimate of drug-likeness (QED) is 0.487. The zero-order chi connectivity index (χ0) is 17.4. The third-order valence-corrected chi connectivity index (χ3v) is 5.90. The number of hydrogen-bond acceptors (Lipinski definition) is 3. The highest BCUT2D eigenvalue weighted by Gasteiger charge is 2.45. The van der Waals surface area contributed by atoms with Crippen LogP contribution < -0.4 is 10.6 Å². The van der Waals surface area contributed by atoms with Crippen LogP contribution in [0.5, 0.6) is 0 Å². The molecule has 2 unspecified atom stereocenters. The average molecular weight is 370 g/mol. The van der Waals surface area contributed by atoms with E-state index < -0.39 is 5.60 Å². The summed E-state index contributed by atoms with van der Waals surface area (Å²) in [6.45, 7) is 6.21. The molecule has 0 radical (unpaired) electrons. The van der Waals surface area contributed by atoms with Crippen LogP contribution in [0.25, 0.3) is 0 Å². The largest absolute Gasteiger partial charge is 0.387 e. The van der Waals surface area contributed by atoms with Crippen LogP contribution in [0.3, 0.4) is 0 Å². The molecule has 2 atom stereocenters. The zero-order valence-electron chi connectivity index (χ0n) is 14.5. The Bertz CT molecular complexity index is 555. The molecule has 1 aliphatic carbocycles. The number of nitrogens with one attached hydrogen (secondary N) is 2. The summed E-state index contributed by atoms with van der Waals surface area (Å²) in [5, 5.41) is 18.3. The van der Waals surface area contributed by atoms with Crippen molar-refractivity contribution < 1.29 is 5.11 Å². The van der Waals surface area contributed by atoms with Crippen molar-refractivity contribution in [3.8, 4) is 0 Å². The van der Waals surface area contributed by atoms with Crippen molar-refractivity contribution in [3.05, 3.63) is 34.9 Å². The van der Waals surface area contributed by atoms with E-state index in [4.69, 9.17) is 11.6 Å². The van der Waals surface area contributed by atoms with Crippen molar-refractivity contribution in [2.45, 2.75) is 44.0 Å². The zero-order valence-corrected chi connectivity index (χ0v) is 16.1. The topological polar surface area (TPSA) is 56.7 Å². The highest BCUT2D eigenvalue weighted by molar-refractivity contribution is 8.00. The number of nitrogens with zero attached hydrogens (tertiary/aromatic N) is 1. The molecule has 134 valence electrons. The van der Waals surface area contributed by atoms with Crippen LogP contribution in [0.4, 0.5) is 0 Å². The highest BCUT2D eigenvalue weighted by Crippen LogP contribution is 2.41. The van der Waals surface area contributed by atoms with E-state index >= 15 is 0 Å². The first-order chi connectivity index (χ1) is 11.6. The minimum Gasteiger partial charge on any atom is -0.387 e. The summed E-state index contributed by atoms with van der Waals surface area (Å²) >= 11 is 7.85. The Hall–Kier alpha value is -0.910. The van der Waals surface area contributed by atoms with E-state index in [1.165, 1.54) is 5.56 Å². The molecule has 0 aliphatic heterocycles. The second-order valence-electron chi connectivity index (χ2n) is 6.09. The van der Waals surface area contributed by atoms with Crippen LogP contribution >= 0.6 is 23.4 Å². The van der Waals surface area contributed by atoms with Gasteiger partial charge in [-0.2, -0.15) is 11.8 Å². The first-order valence-electron chi connectivity index (χ1n) is 8.68. The molecule has 1 aliphatic rings. The van der Waals surface area contributed by atoms with E-state index in [0.29, 0.717) is 11.8 Å². The minimum absolute atomic E-state index is 0.320. The summed E-state index contributed by atoms with van der Waals surface area (Å²) in [6.07, 6.45) is 2.81. The smallest absolute Gasteiger partial charge is 0.191 e. The van der Waals surface area contributed by atoms with Crippen molar-refractivity contribution in [2.75, 3.05) is 25.4 Å². The lowest BCUT2D eigenvalue weighted by Gasteiger charge is -2.44. The van der Waals surface area contributed by atoms with Gasteiger partial charge in [0.25, 0.3) is 0 Å². The lowest BCUT2D eigenvalue weighted by molar-refractivity contribution is -0.0154. The van der Waals surface area contributed by atoms with Gasteiger partial charge in [0.2, 0.25) is 0 Å². The number of thioether (sulfide) groups is 1. The molecule has 0 aromatic heterocycles. The normalized spacial score (nSPS) is 23.7. The van der Waals surface area contributed by atoms with E-state index in [9.17, 15) is 5.11 Å². The number of halogens is 1. The molecule has 0 bridgehead atoms. The van der Waals surface area contributed by atoms with Gasteiger partial charge in [-0.1, -0.05) is 30.7 Å². The number of rotatable bonds is 8. The molecule has 24 heavy (non-hydrogen) atoms. The first-order valence-corrected chi connectivity index (χ1v) is 10.1. The van der Waals surface area contributed by atoms with Crippen LogP contribution in [0.15, 0.2) is 29.3 Å². The molecule has 0 saturated heterocycles. The molecule has 0 amide bonds. The SMILES string of the molecule is CCNC(=NCC1(O)CCC1SCC)NCCc1cccc(Cl)c1. The van der Waals surface area contributed by atoms with Gasteiger partial charge in [-0.15, -0.1) is 0 Å². The molecular weight excluding hydrogens is 342 g/mol. The monoisotopic (exact) mass is 369 g/mol. The molecule has 1 fully saturated rings. The lowest BCUT2D eigenvalue weighted by atomic mass is 9.79. The van der Waals surface area contributed by atoms with Crippen LogP contribution in [-0.4, -0.2) is 47.3 Å². The minimum atomic E-state index is -0.643. The van der Waals surface area contributed by atoms with Crippen LogP contribution in [0.2, 0.25) is 5.02 Å². The summed E-state index contributed by atoms with van der Waals surface area (Å²) < 4.78 is 0. The van der Waals surface area contributed by atoms with E-state index in [0.717, 1.165) is 49.1 Å². The van der Waals surface area contributed by atoms with E-state index in [-0.39, 0.29) is 0 Å². The van der Waals surface area contributed by atoms with Gasteiger partial charge in [0, 0.05) is 23.4 Å². The van der Waals surface area contributed by atoms with Gasteiger partial charge in [0.15, 0.2) is 5.96 Å². The Balaban J connectivity index is 1.84. The molecule has 1 aromatic rings. The number of hydrogen-bond donors (Lipinski definition) is 3. The van der Waals surface area contributed by atoms with Crippen LogP contribution in [0.1, 0.15) is 32.3 Å². The van der Waals surface area contributed by atoms with Crippen molar-refractivity contribution in [1.82, 2.24) is 10.6 Å². The highest BCUT2D eigenvalue weighted by atomic mass is 35.5. The molecule has 0 heterocycles.